The van der Waals surface area contributed by atoms with Gasteiger partial charge in [-0.3, -0.25) is 4.79 Å². The molecule has 2 aromatic rings. The Morgan fingerprint density at radius 3 is 2.94 bits per heavy atom. The number of nitrogens with zero attached hydrogens (tertiary/aromatic N) is 1. The molecular weight excluding hydrogens is 254 g/mol. The number of aromatic nitrogens is 1. The predicted octanol–water partition coefficient (Wildman–Crippen LogP) is 3.15. The minimum atomic E-state index is -0.248. The zero-order valence-electron chi connectivity index (χ0n) is 9.73. The number of methoxy groups -OCH3 is 1. The number of aryl methyl sites for hydroxylation is 1. The predicted molar refractivity (Wildman–Crippen MR) is 70.5 cm³/mol. The summed E-state index contributed by atoms with van der Waals surface area (Å²) < 4.78 is 4.62. The molecule has 0 amide bonds. The molecule has 0 aliphatic heterocycles. The molecule has 0 bridgehead atoms. The van der Waals surface area contributed by atoms with Gasteiger partial charge in [-0.2, -0.15) is 0 Å². The van der Waals surface area contributed by atoms with Crippen LogP contribution in [0.5, 0.6) is 0 Å². The van der Waals surface area contributed by atoms with E-state index in [0.29, 0.717) is 0 Å². The monoisotopic (exact) mass is 267 g/mol. The number of rotatable bonds is 4. The van der Waals surface area contributed by atoms with E-state index in [-0.39, 0.29) is 12.4 Å². The molecule has 0 spiro atoms. The molecule has 2 heterocycles. The number of thiophene rings is 1. The molecule has 90 valence electrons. The van der Waals surface area contributed by atoms with Crippen LogP contribution in [0.15, 0.2) is 17.5 Å². The van der Waals surface area contributed by atoms with Gasteiger partial charge in [-0.05, 0) is 18.6 Å². The number of hydrogen-bond acceptors (Lipinski definition) is 5. The van der Waals surface area contributed by atoms with Crippen molar-refractivity contribution in [3.05, 3.63) is 28.1 Å². The van der Waals surface area contributed by atoms with Crippen LogP contribution in [0.1, 0.15) is 17.5 Å². The second kappa shape index (κ2) is 5.42. The highest BCUT2D eigenvalue weighted by molar-refractivity contribution is 7.21. The van der Waals surface area contributed by atoms with E-state index >= 15 is 0 Å². The first-order valence-corrected chi connectivity index (χ1v) is 7.03. The van der Waals surface area contributed by atoms with Crippen LogP contribution in [0.3, 0.4) is 0 Å². The summed E-state index contributed by atoms with van der Waals surface area (Å²) in [6.45, 7) is 2.14. The number of carbonyl (C=O) groups is 1. The lowest BCUT2D eigenvalue weighted by Gasteiger charge is -1.94. The summed E-state index contributed by atoms with van der Waals surface area (Å²) in [5.74, 6) is -0.248. The highest BCUT2D eigenvalue weighted by Crippen LogP contribution is 2.30. The van der Waals surface area contributed by atoms with Gasteiger partial charge >= 0.3 is 5.97 Å². The summed E-state index contributed by atoms with van der Waals surface area (Å²) in [7, 11) is 1.39. The maximum absolute atomic E-state index is 11.1. The lowest BCUT2D eigenvalue weighted by atomic mass is 10.3. The Morgan fingerprint density at radius 1 is 1.47 bits per heavy atom. The molecule has 0 aliphatic rings. The van der Waals surface area contributed by atoms with E-state index in [1.165, 1.54) is 16.9 Å². The van der Waals surface area contributed by atoms with E-state index in [2.05, 4.69) is 28.8 Å². The summed E-state index contributed by atoms with van der Waals surface area (Å²) in [6, 6.07) is 4.21. The first-order chi connectivity index (χ1) is 8.22. The van der Waals surface area contributed by atoms with Gasteiger partial charge in [-0.1, -0.05) is 6.92 Å². The summed E-state index contributed by atoms with van der Waals surface area (Å²) in [4.78, 5) is 18.1. The van der Waals surface area contributed by atoms with Gasteiger partial charge in [0.1, 0.15) is 5.01 Å². The zero-order chi connectivity index (χ0) is 12.3. The molecule has 17 heavy (non-hydrogen) atoms. The Morgan fingerprint density at radius 2 is 2.29 bits per heavy atom. The van der Waals surface area contributed by atoms with Crippen molar-refractivity contribution in [2.75, 3.05) is 7.11 Å². The minimum absolute atomic E-state index is 0.248. The van der Waals surface area contributed by atoms with Crippen LogP contribution < -0.4 is 0 Å². The molecule has 0 unspecified atom stereocenters. The van der Waals surface area contributed by atoms with Gasteiger partial charge in [0.15, 0.2) is 0 Å². The topological polar surface area (TPSA) is 39.2 Å². The fourth-order valence-corrected chi connectivity index (χ4v) is 3.24. The number of thiazole rings is 1. The fraction of sp³-hybridized carbons (Fsp3) is 0.333. The van der Waals surface area contributed by atoms with Gasteiger partial charge < -0.3 is 4.74 Å². The summed E-state index contributed by atoms with van der Waals surface area (Å²) in [5.41, 5.74) is 0.781. The van der Waals surface area contributed by atoms with Crippen molar-refractivity contribution < 1.29 is 9.53 Å². The number of hydrogen-bond donors (Lipinski definition) is 0. The van der Waals surface area contributed by atoms with Crippen LogP contribution in [0.2, 0.25) is 0 Å². The Labute approximate surface area is 108 Å². The van der Waals surface area contributed by atoms with Crippen LogP contribution >= 0.6 is 22.7 Å². The van der Waals surface area contributed by atoms with Crippen molar-refractivity contribution in [2.24, 2.45) is 0 Å². The highest BCUT2D eigenvalue weighted by atomic mass is 32.1. The van der Waals surface area contributed by atoms with Gasteiger partial charge in [0.2, 0.25) is 0 Å². The standard InChI is InChI=1S/C12H13NO2S2/c1-3-9-4-5-10(17-9)12-13-8(7-16-12)6-11(14)15-2/h4-5,7H,3,6H2,1-2H3. The van der Waals surface area contributed by atoms with Crippen molar-refractivity contribution in [1.82, 2.24) is 4.98 Å². The van der Waals surface area contributed by atoms with Gasteiger partial charge in [0.25, 0.3) is 0 Å². The summed E-state index contributed by atoms with van der Waals surface area (Å²) >= 11 is 3.33. The van der Waals surface area contributed by atoms with Crippen LogP contribution in [0, 0.1) is 0 Å². The molecule has 0 N–H and O–H groups in total. The van der Waals surface area contributed by atoms with Crippen molar-refractivity contribution in [2.45, 2.75) is 19.8 Å². The molecule has 0 radical (unpaired) electrons. The second-order valence-corrected chi connectivity index (χ2v) is 5.54. The summed E-state index contributed by atoms with van der Waals surface area (Å²) in [5, 5.41) is 2.89. The maximum atomic E-state index is 11.1. The number of ether oxygens (including phenoxy) is 1. The average molecular weight is 267 g/mol. The molecule has 0 atom stereocenters. The number of esters is 1. The highest BCUT2D eigenvalue weighted by Gasteiger charge is 2.10. The lowest BCUT2D eigenvalue weighted by Crippen LogP contribution is -2.04. The SMILES string of the molecule is CCc1ccc(-c2nc(CC(=O)OC)cs2)s1. The Hall–Kier alpha value is -1.20. The largest absolute Gasteiger partial charge is 0.469 e. The Kier molecular flexibility index (Phi) is 3.91. The van der Waals surface area contributed by atoms with Crippen molar-refractivity contribution >= 4 is 28.6 Å². The fourth-order valence-electron chi connectivity index (χ4n) is 1.40. The van der Waals surface area contributed by atoms with Gasteiger partial charge in [0.05, 0.1) is 24.1 Å². The van der Waals surface area contributed by atoms with E-state index in [0.717, 1.165) is 17.1 Å². The van der Waals surface area contributed by atoms with Crippen LogP contribution in [0.4, 0.5) is 0 Å². The van der Waals surface area contributed by atoms with Gasteiger partial charge in [-0.15, -0.1) is 22.7 Å². The average Bonchev–Trinajstić information content (AvgIpc) is 2.96. The zero-order valence-corrected chi connectivity index (χ0v) is 11.4. The van der Waals surface area contributed by atoms with E-state index in [1.54, 1.807) is 22.7 Å². The quantitative estimate of drug-likeness (QED) is 0.799. The van der Waals surface area contributed by atoms with Crippen LogP contribution in [-0.2, 0) is 22.4 Å². The second-order valence-electron chi connectivity index (χ2n) is 3.52. The normalized spacial score (nSPS) is 10.5. The smallest absolute Gasteiger partial charge is 0.311 e. The molecule has 0 saturated carbocycles. The first-order valence-electron chi connectivity index (χ1n) is 5.33. The molecule has 5 heteroatoms. The minimum Gasteiger partial charge on any atom is -0.469 e. The molecule has 2 rings (SSSR count). The van der Waals surface area contributed by atoms with Gasteiger partial charge in [0, 0.05) is 10.3 Å². The molecule has 0 saturated heterocycles. The van der Waals surface area contributed by atoms with Crippen molar-refractivity contribution in [1.29, 1.82) is 0 Å². The molecule has 2 aromatic heterocycles. The first kappa shape index (κ1) is 12.3. The summed E-state index contributed by atoms with van der Waals surface area (Å²) in [6.07, 6.45) is 1.30. The van der Waals surface area contributed by atoms with E-state index in [9.17, 15) is 4.79 Å². The van der Waals surface area contributed by atoms with Crippen LogP contribution in [-0.4, -0.2) is 18.1 Å². The Balaban J connectivity index is 2.14. The van der Waals surface area contributed by atoms with Gasteiger partial charge in [-0.25, -0.2) is 4.98 Å². The molecule has 3 nitrogen and oxygen atoms in total. The third-order valence-electron chi connectivity index (χ3n) is 2.33. The third-order valence-corrected chi connectivity index (χ3v) is 4.62. The molecule has 0 aromatic carbocycles. The van der Waals surface area contributed by atoms with Crippen molar-refractivity contribution in [3.63, 3.8) is 0 Å². The van der Waals surface area contributed by atoms with E-state index in [4.69, 9.17) is 0 Å². The van der Waals surface area contributed by atoms with E-state index < -0.39 is 0 Å². The Bertz CT molecular complexity index is 516. The molecular formula is C12H13NO2S2. The molecule has 0 aliphatic carbocycles. The number of carbonyl (C=O) groups excluding carboxylic acids is 1. The van der Waals surface area contributed by atoms with Crippen LogP contribution in [0.25, 0.3) is 9.88 Å². The maximum Gasteiger partial charge on any atom is 0.311 e. The third kappa shape index (κ3) is 2.92. The van der Waals surface area contributed by atoms with Crippen molar-refractivity contribution in [3.8, 4) is 9.88 Å². The van der Waals surface area contributed by atoms with E-state index in [1.807, 2.05) is 5.38 Å². The molecule has 0 fully saturated rings. The lowest BCUT2D eigenvalue weighted by molar-refractivity contribution is -0.139.